The highest BCUT2D eigenvalue weighted by Gasteiger charge is 2.31. The second-order valence-corrected chi connectivity index (χ2v) is 7.85. The van der Waals surface area contributed by atoms with Crippen molar-refractivity contribution in [1.29, 1.82) is 0 Å². The topological polar surface area (TPSA) is 72.5 Å². The summed E-state index contributed by atoms with van der Waals surface area (Å²) in [6.45, 7) is 4.36. The Morgan fingerprint density at radius 1 is 1.07 bits per heavy atom. The average molecular weight is 405 g/mol. The number of H-pyrrole nitrogens is 1. The zero-order chi connectivity index (χ0) is 20.5. The first-order chi connectivity index (χ1) is 13.9. The Bertz CT molecular complexity index is 899. The molecule has 2 amide bonds. The van der Waals surface area contributed by atoms with Gasteiger partial charge in [-0.25, -0.2) is 13.8 Å². The molecule has 29 heavy (non-hydrogen) atoms. The predicted octanol–water partition coefficient (Wildman–Crippen LogP) is 2.13. The maximum Gasteiger partial charge on any atom is 0.295 e. The van der Waals surface area contributed by atoms with Crippen LogP contribution in [0.3, 0.4) is 0 Å². The molecule has 0 bridgehead atoms. The van der Waals surface area contributed by atoms with Gasteiger partial charge in [-0.3, -0.25) is 9.59 Å². The summed E-state index contributed by atoms with van der Waals surface area (Å²) >= 11 is 0. The van der Waals surface area contributed by atoms with Crippen LogP contribution in [-0.2, 0) is 4.79 Å². The van der Waals surface area contributed by atoms with E-state index in [1.165, 1.54) is 0 Å². The van der Waals surface area contributed by atoms with Gasteiger partial charge in [0.2, 0.25) is 5.91 Å². The summed E-state index contributed by atoms with van der Waals surface area (Å²) in [6.07, 6.45) is -1.38. The van der Waals surface area contributed by atoms with E-state index in [-0.39, 0.29) is 17.7 Å². The van der Waals surface area contributed by atoms with E-state index in [9.17, 15) is 18.4 Å². The largest absolute Gasteiger partial charge is 0.340 e. The van der Waals surface area contributed by atoms with Gasteiger partial charge in [0.05, 0.1) is 11.0 Å². The molecule has 2 aromatic rings. The number of halogens is 2. The third kappa shape index (κ3) is 4.10. The van der Waals surface area contributed by atoms with E-state index in [2.05, 4.69) is 21.9 Å². The second-order valence-electron chi connectivity index (χ2n) is 7.85. The fourth-order valence-electron chi connectivity index (χ4n) is 4.06. The number of hydrogen-bond donors (Lipinski definition) is 1. The molecule has 0 unspecified atom stereocenters. The highest BCUT2D eigenvalue weighted by Crippen LogP contribution is 2.24. The molecule has 1 aromatic heterocycles. The van der Waals surface area contributed by atoms with E-state index in [4.69, 9.17) is 0 Å². The number of likely N-dealkylation sites (tertiary alicyclic amines) is 1. The number of piperazine rings is 1. The molecule has 0 aliphatic carbocycles. The average Bonchev–Trinajstić information content (AvgIpc) is 3.17. The monoisotopic (exact) mass is 405 g/mol. The molecule has 4 rings (SSSR count). The van der Waals surface area contributed by atoms with Crippen LogP contribution in [-0.4, -0.2) is 82.8 Å². The standard InChI is InChI=1S/C20H25F2N5O2/c1-25-8-10-27(11-9-25)19(28)13-4-6-26(7-5-13)20(29)14-2-3-15-16(12-14)24-18(23-15)17(21)22/h2-3,12-13,17H,4-11H2,1H3,(H,23,24). The van der Waals surface area contributed by atoms with E-state index < -0.39 is 12.2 Å². The lowest BCUT2D eigenvalue weighted by molar-refractivity contribution is -0.138. The summed E-state index contributed by atoms with van der Waals surface area (Å²) in [5.74, 6) is -0.381. The van der Waals surface area contributed by atoms with Crippen LogP contribution in [0.2, 0.25) is 0 Å². The Labute approximate surface area is 167 Å². The molecule has 0 saturated carbocycles. The Morgan fingerprint density at radius 2 is 1.76 bits per heavy atom. The number of alkyl halides is 2. The first-order valence-electron chi connectivity index (χ1n) is 9.97. The van der Waals surface area contributed by atoms with Crippen molar-refractivity contribution in [3.8, 4) is 0 Å². The van der Waals surface area contributed by atoms with Gasteiger partial charge >= 0.3 is 0 Å². The summed E-state index contributed by atoms with van der Waals surface area (Å²) in [5, 5.41) is 0. The van der Waals surface area contributed by atoms with Gasteiger partial charge in [-0.05, 0) is 38.1 Å². The van der Waals surface area contributed by atoms with Crippen molar-refractivity contribution in [2.24, 2.45) is 5.92 Å². The summed E-state index contributed by atoms with van der Waals surface area (Å²) in [7, 11) is 2.06. The molecular weight excluding hydrogens is 380 g/mol. The van der Waals surface area contributed by atoms with E-state index in [1.807, 2.05) is 4.90 Å². The number of nitrogens with zero attached hydrogens (tertiary/aromatic N) is 4. The van der Waals surface area contributed by atoms with Gasteiger partial charge in [0.15, 0.2) is 5.82 Å². The number of amides is 2. The Morgan fingerprint density at radius 3 is 2.41 bits per heavy atom. The molecule has 3 heterocycles. The van der Waals surface area contributed by atoms with E-state index in [0.717, 1.165) is 26.2 Å². The van der Waals surface area contributed by atoms with Crippen LogP contribution >= 0.6 is 0 Å². The number of nitrogens with one attached hydrogen (secondary N) is 1. The van der Waals surface area contributed by atoms with E-state index >= 15 is 0 Å². The SMILES string of the molecule is CN1CCN(C(=O)C2CCN(C(=O)c3ccc4nc(C(F)F)[nH]c4c3)CC2)CC1. The molecule has 1 aromatic carbocycles. The van der Waals surface area contributed by atoms with Crippen LogP contribution in [0, 0.1) is 5.92 Å². The van der Waals surface area contributed by atoms with Crippen molar-refractivity contribution in [3.05, 3.63) is 29.6 Å². The van der Waals surface area contributed by atoms with Gasteiger partial charge < -0.3 is 19.7 Å². The Kier molecular flexibility index (Phi) is 5.49. The number of fused-ring (bicyclic) bond motifs is 1. The maximum atomic E-state index is 12.8. The number of carbonyl (C=O) groups excluding carboxylic acids is 2. The number of likely N-dealkylation sites (N-methyl/N-ethyl adjacent to an activating group) is 1. The van der Waals surface area contributed by atoms with Crippen molar-refractivity contribution in [1.82, 2.24) is 24.7 Å². The minimum Gasteiger partial charge on any atom is -0.340 e. The Balaban J connectivity index is 1.37. The smallest absolute Gasteiger partial charge is 0.295 e. The third-order valence-electron chi connectivity index (χ3n) is 5.90. The summed E-state index contributed by atoms with van der Waals surface area (Å²) in [5.41, 5.74) is 1.27. The molecule has 0 atom stereocenters. The molecule has 0 spiro atoms. The number of imidazole rings is 1. The first kappa shape index (κ1) is 19.8. The summed E-state index contributed by atoms with van der Waals surface area (Å²) in [6, 6.07) is 4.76. The minimum atomic E-state index is -2.68. The highest BCUT2D eigenvalue weighted by molar-refractivity contribution is 5.97. The Hall–Kier alpha value is -2.55. The second kappa shape index (κ2) is 8.06. The van der Waals surface area contributed by atoms with Crippen molar-refractivity contribution in [3.63, 3.8) is 0 Å². The molecule has 7 nitrogen and oxygen atoms in total. The fraction of sp³-hybridized carbons (Fsp3) is 0.550. The van der Waals surface area contributed by atoms with Gasteiger partial charge in [0.1, 0.15) is 0 Å². The number of rotatable bonds is 3. The van der Waals surface area contributed by atoms with Gasteiger partial charge in [0, 0.05) is 50.7 Å². The van der Waals surface area contributed by atoms with Crippen molar-refractivity contribution >= 4 is 22.8 Å². The molecule has 156 valence electrons. The van der Waals surface area contributed by atoms with Gasteiger partial charge in [0.25, 0.3) is 12.3 Å². The van der Waals surface area contributed by atoms with Crippen LogP contribution in [0.1, 0.15) is 35.4 Å². The minimum absolute atomic E-state index is 0.0360. The fourth-order valence-corrected chi connectivity index (χ4v) is 4.06. The molecule has 2 aliphatic rings. The summed E-state index contributed by atoms with van der Waals surface area (Å²) < 4.78 is 25.6. The number of piperidine rings is 1. The molecule has 2 aliphatic heterocycles. The number of carbonyl (C=O) groups is 2. The zero-order valence-corrected chi connectivity index (χ0v) is 16.4. The van der Waals surface area contributed by atoms with E-state index in [1.54, 1.807) is 23.1 Å². The van der Waals surface area contributed by atoms with Crippen LogP contribution in [0.15, 0.2) is 18.2 Å². The third-order valence-corrected chi connectivity index (χ3v) is 5.90. The molecule has 1 N–H and O–H groups in total. The molecule has 2 fully saturated rings. The number of aromatic nitrogens is 2. The maximum absolute atomic E-state index is 12.8. The van der Waals surface area contributed by atoms with Crippen LogP contribution in [0.5, 0.6) is 0 Å². The van der Waals surface area contributed by atoms with Crippen molar-refractivity contribution in [2.45, 2.75) is 19.3 Å². The predicted molar refractivity (Wildman–Crippen MR) is 104 cm³/mol. The number of benzene rings is 1. The van der Waals surface area contributed by atoms with Crippen LogP contribution < -0.4 is 0 Å². The van der Waals surface area contributed by atoms with Gasteiger partial charge in [-0.2, -0.15) is 0 Å². The summed E-state index contributed by atoms with van der Waals surface area (Å²) in [4.78, 5) is 37.9. The van der Waals surface area contributed by atoms with Crippen molar-refractivity contribution in [2.75, 3.05) is 46.3 Å². The molecule has 0 radical (unpaired) electrons. The lowest BCUT2D eigenvalue weighted by Gasteiger charge is -2.37. The van der Waals surface area contributed by atoms with E-state index in [0.29, 0.717) is 42.5 Å². The lowest BCUT2D eigenvalue weighted by atomic mass is 9.94. The van der Waals surface area contributed by atoms with Crippen LogP contribution in [0.4, 0.5) is 8.78 Å². The quantitative estimate of drug-likeness (QED) is 0.849. The zero-order valence-electron chi connectivity index (χ0n) is 16.4. The highest BCUT2D eigenvalue weighted by atomic mass is 19.3. The molecule has 9 heteroatoms. The lowest BCUT2D eigenvalue weighted by Crippen LogP contribution is -2.51. The van der Waals surface area contributed by atoms with Gasteiger partial charge in [-0.1, -0.05) is 0 Å². The first-order valence-corrected chi connectivity index (χ1v) is 9.97. The molecular formula is C20H25F2N5O2. The van der Waals surface area contributed by atoms with Crippen LogP contribution in [0.25, 0.3) is 11.0 Å². The van der Waals surface area contributed by atoms with Crippen molar-refractivity contribution < 1.29 is 18.4 Å². The number of aromatic amines is 1. The normalized spacial score (nSPS) is 19.3. The molecule has 2 saturated heterocycles. The van der Waals surface area contributed by atoms with Gasteiger partial charge in [-0.15, -0.1) is 0 Å². The number of hydrogen-bond acceptors (Lipinski definition) is 4.